The van der Waals surface area contributed by atoms with Crippen LogP contribution in [0.5, 0.6) is 0 Å². The summed E-state index contributed by atoms with van der Waals surface area (Å²) in [6.07, 6.45) is 1.56. The standard InChI is InChI=1S/C19H16FN3O4S/c20-14-6-8-15(9-7-14)22-17(24)11-28(26,27)12-18(25)23-16-5-1-3-13-4-2-10-21-19(13)16/h1-10H,11-12H2,(H,22,24)(H,23,25). The van der Waals surface area contributed by atoms with Crippen molar-refractivity contribution in [2.24, 2.45) is 0 Å². The van der Waals surface area contributed by atoms with Gasteiger partial charge in [0.1, 0.15) is 17.3 Å². The van der Waals surface area contributed by atoms with Gasteiger partial charge in [-0.05, 0) is 36.4 Å². The smallest absolute Gasteiger partial charge is 0.239 e. The molecule has 0 aliphatic rings. The molecule has 9 heteroatoms. The lowest BCUT2D eigenvalue weighted by atomic mass is 10.2. The number of para-hydroxylation sites is 1. The van der Waals surface area contributed by atoms with Crippen LogP contribution in [0.4, 0.5) is 15.8 Å². The molecule has 0 bridgehead atoms. The number of hydrogen-bond acceptors (Lipinski definition) is 5. The quantitative estimate of drug-likeness (QED) is 0.660. The van der Waals surface area contributed by atoms with Gasteiger partial charge in [-0.1, -0.05) is 18.2 Å². The molecule has 0 radical (unpaired) electrons. The van der Waals surface area contributed by atoms with Gasteiger partial charge in [0.2, 0.25) is 11.8 Å². The number of carbonyl (C=O) groups excluding carboxylic acids is 2. The van der Waals surface area contributed by atoms with E-state index in [1.807, 2.05) is 12.1 Å². The lowest BCUT2D eigenvalue weighted by Crippen LogP contribution is -2.30. The monoisotopic (exact) mass is 401 g/mol. The second-order valence-corrected chi connectivity index (χ2v) is 8.08. The minimum absolute atomic E-state index is 0.257. The van der Waals surface area contributed by atoms with Crippen LogP contribution < -0.4 is 10.6 Å². The van der Waals surface area contributed by atoms with Gasteiger partial charge < -0.3 is 10.6 Å². The van der Waals surface area contributed by atoms with Crippen molar-refractivity contribution in [2.45, 2.75) is 0 Å². The Kier molecular flexibility index (Phi) is 5.65. The Labute approximate surface area is 160 Å². The third-order valence-corrected chi connectivity index (χ3v) is 5.14. The summed E-state index contributed by atoms with van der Waals surface area (Å²) in [6.45, 7) is 0. The molecule has 0 fully saturated rings. The number of hydrogen-bond donors (Lipinski definition) is 2. The highest BCUT2D eigenvalue weighted by Gasteiger charge is 2.21. The van der Waals surface area contributed by atoms with E-state index in [1.165, 1.54) is 12.1 Å². The number of aromatic nitrogens is 1. The predicted molar refractivity (Wildman–Crippen MR) is 104 cm³/mol. The van der Waals surface area contributed by atoms with Crippen LogP contribution in [-0.2, 0) is 19.4 Å². The number of nitrogens with one attached hydrogen (secondary N) is 2. The first-order valence-corrected chi connectivity index (χ1v) is 10.0. The zero-order valence-electron chi connectivity index (χ0n) is 14.6. The van der Waals surface area contributed by atoms with Gasteiger partial charge in [0, 0.05) is 17.3 Å². The number of amides is 2. The van der Waals surface area contributed by atoms with Crippen molar-refractivity contribution in [3.63, 3.8) is 0 Å². The number of pyridine rings is 1. The summed E-state index contributed by atoms with van der Waals surface area (Å²) in [5.41, 5.74) is 1.17. The average molecular weight is 401 g/mol. The largest absolute Gasteiger partial charge is 0.325 e. The summed E-state index contributed by atoms with van der Waals surface area (Å²) in [7, 11) is -4.00. The van der Waals surface area contributed by atoms with Gasteiger partial charge in [0.25, 0.3) is 0 Å². The summed E-state index contributed by atoms with van der Waals surface area (Å²) >= 11 is 0. The fourth-order valence-corrected chi connectivity index (χ4v) is 3.62. The lowest BCUT2D eigenvalue weighted by molar-refractivity contribution is -0.114. The van der Waals surface area contributed by atoms with E-state index >= 15 is 0 Å². The number of fused-ring (bicyclic) bond motifs is 1. The molecule has 0 saturated carbocycles. The molecule has 1 aromatic heterocycles. The molecule has 7 nitrogen and oxygen atoms in total. The van der Waals surface area contributed by atoms with Crippen molar-refractivity contribution >= 4 is 43.9 Å². The van der Waals surface area contributed by atoms with Crippen LogP contribution >= 0.6 is 0 Å². The molecule has 0 aliphatic heterocycles. The maximum atomic E-state index is 12.9. The highest BCUT2D eigenvalue weighted by molar-refractivity contribution is 7.92. The number of halogens is 1. The third-order valence-electron chi connectivity index (χ3n) is 3.74. The summed E-state index contributed by atoms with van der Waals surface area (Å²) in [5.74, 6) is -3.79. The fourth-order valence-electron chi connectivity index (χ4n) is 2.57. The Morgan fingerprint density at radius 3 is 2.25 bits per heavy atom. The molecule has 28 heavy (non-hydrogen) atoms. The van der Waals surface area contributed by atoms with Crippen LogP contribution in [-0.4, -0.2) is 36.7 Å². The van der Waals surface area contributed by atoms with Crippen molar-refractivity contribution in [1.82, 2.24) is 4.98 Å². The molecule has 2 aromatic carbocycles. The van der Waals surface area contributed by atoms with Crippen LogP contribution in [0.15, 0.2) is 60.8 Å². The first-order chi connectivity index (χ1) is 13.3. The van der Waals surface area contributed by atoms with Gasteiger partial charge in [-0.3, -0.25) is 14.6 Å². The van der Waals surface area contributed by atoms with E-state index in [1.54, 1.807) is 24.4 Å². The molecule has 0 saturated heterocycles. The number of sulfone groups is 1. The number of benzene rings is 2. The fraction of sp³-hybridized carbons (Fsp3) is 0.105. The molecule has 3 rings (SSSR count). The summed E-state index contributed by atoms with van der Waals surface area (Å²) in [6, 6.07) is 13.6. The van der Waals surface area contributed by atoms with E-state index < -0.39 is 39.0 Å². The molecule has 0 unspecified atom stereocenters. The highest BCUT2D eigenvalue weighted by atomic mass is 32.2. The maximum Gasteiger partial charge on any atom is 0.239 e. The van der Waals surface area contributed by atoms with Crippen LogP contribution in [0.1, 0.15) is 0 Å². The average Bonchev–Trinajstić information content (AvgIpc) is 2.63. The molecule has 1 heterocycles. The molecule has 0 spiro atoms. The number of carbonyl (C=O) groups is 2. The predicted octanol–water partition coefficient (Wildman–Crippen LogP) is 2.37. The van der Waals surface area contributed by atoms with Gasteiger partial charge in [-0.25, -0.2) is 12.8 Å². The van der Waals surface area contributed by atoms with E-state index in [2.05, 4.69) is 15.6 Å². The molecule has 3 aromatic rings. The summed E-state index contributed by atoms with van der Waals surface area (Å²) < 4.78 is 37.2. The molecule has 144 valence electrons. The Morgan fingerprint density at radius 2 is 1.54 bits per heavy atom. The molecule has 2 N–H and O–H groups in total. The first kappa shape index (κ1) is 19.4. The van der Waals surface area contributed by atoms with Gasteiger partial charge in [0.15, 0.2) is 9.84 Å². The number of rotatable bonds is 6. The van der Waals surface area contributed by atoms with Crippen LogP contribution in [0.25, 0.3) is 10.9 Å². The minimum Gasteiger partial charge on any atom is -0.325 e. The van der Waals surface area contributed by atoms with E-state index in [0.29, 0.717) is 11.2 Å². The van der Waals surface area contributed by atoms with E-state index in [0.717, 1.165) is 17.5 Å². The van der Waals surface area contributed by atoms with Crippen LogP contribution in [0, 0.1) is 5.82 Å². The zero-order chi connectivity index (χ0) is 20.1. The van der Waals surface area contributed by atoms with E-state index in [9.17, 15) is 22.4 Å². The van der Waals surface area contributed by atoms with Crippen LogP contribution in [0.2, 0.25) is 0 Å². The number of anilines is 2. The van der Waals surface area contributed by atoms with Crippen molar-refractivity contribution in [3.8, 4) is 0 Å². The van der Waals surface area contributed by atoms with Crippen molar-refractivity contribution in [1.29, 1.82) is 0 Å². The normalized spacial score (nSPS) is 11.2. The highest BCUT2D eigenvalue weighted by Crippen LogP contribution is 2.20. The molecular weight excluding hydrogens is 385 g/mol. The van der Waals surface area contributed by atoms with Crippen LogP contribution in [0.3, 0.4) is 0 Å². The molecule has 0 atom stereocenters. The first-order valence-electron chi connectivity index (χ1n) is 8.22. The van der Waals surface area contributed by atoms with Crippen molar-refractivity contribution in [3.05, 3.63) is 66.6 Å². The second-order valence-electron chi connectivity index (χ2n) is 6.02. The second kappa shape index (κ2) is 8.13. The van der Waals surface area contributed by atoms with Crippen molar-refractivity contribution < 1.29 is 22.4 Å². The van der Waals surface area contributed by atoms with Gasteiger partial charge in [-0.15, -0.1) is 0 Å². The van der Waals surface area contributed by atoms with Gasteiger partial charge in [-0.2, -0.15) is 0 Å². The Bertz CT molecular complexity index is 1130. The minimum atomic E-state index is -4.00. The van der Waals surface area contributed by atoms with Gasteiger partial charge >= 0.3 is 0 Å². The summed E-state index contributed by atoms with van der Waals surface area (Å²) in [5, 5.41) is 5.66. The van der Waals surface area contributed by atoms with Crippen molar-refractivity contribution in [2.75, 3.05) is 22.1 Å². The zero-order valence-corrected chi connectivity index (χ0v) is 15.4. The number of nitrogens with zero attached hydrogens (tertiary/aromatic N) is 1. The van der Waals surface area contributed by atoms with Gasteiger partial charge in [0.05, 0.1) is 11.2 Å². The summed E-state index contributed by atoms with van der Waals surface area (Å²) in [4.78, 5) is 28.2. The molecule has 2 amide bonds. The molecular formula is C19H16FN3O4S. The van der Waals surface area contributed by atoms with E-state index in [4.69, 9.17) is 0 Å². The molecule has 0 aliphatic carbocycles. The Hall–Kier alpha value is -3.33. The maximum absolute atomic E-state index is 12.9. The Balaban J connectivity index is 1.62. The topological polar surface area (TPSA) is 105 Å². The Morgan fingerprint density at radius 1 is 0.893 bits per heavy atom. The third kappa shape index (κ3) is 5.10. The lowest BCUT2D eigenvalue weighted by Gasteiger charge is -2.09. The SMILES string of the molecule is O=C(CS(=O)(=O)CC(=O)Nc1cccc2cccnc12)Nc1ccc(F)cc1. The van der Waals surface area contributed by atoms with E-state index in [-0.39, 0.29) is 5.69 Å².